The van der Waals surface area contributed by atoms with Crippen LogP contribution < -0.4 is 4.74 Å². The van der Waals surface area contributed by atoms with E-state index in [1.54, 1.807) is 11.8 Å². The van der Waals surface area contributed by atoms with Gasteiger partial charge in [-0.1, -0.05) is 123 Å². The molecule has 0 fully saturated rings. The van der Waals surface area contributed by atoms with E-state index in [1.807, 2.05) is 29.2 Å². The largest absolute Gasteiger partial charge is 2.00 e. The molecule has 0 N–H and O–H groups in total. The molecule has 8 aromatic rings. The number of nitrogens with zero attached hydrogens (tertiary/aromatic N) is 4. The maximum Gasteiger partial charge on any atom is 2.00 e. The fourth-order valence-corrected chi connectivity index (χ4v) is 10.1. The summed E-state index contributed by atoms with van der Waals surface area (Å²) in [6, 6.07) is 52.2. The predicted molar refractivity (Wildman–Crippen MR) is 239 cm³/mol. The van der Waals surface area contributed by atoms with Crippen molar-refractivity contribution in [2.75, 3.05) is 0 Å². The van der Waals surface area contributed by atoms with Crippen molar-refractivity contribution < 1.29 is 25.8 Å². The Hall–Kier alpha value is -5.55. The Labute approximate surface area is 372 Å². The summed E-state index contributed by atoms with van der Waals surface area (Å²) < 4.78 is 8.72. The zero-order chi connectivity index (χ0) is 40.8. The summed E-state index contributed by atoms with van der Waals surface area (Å²) in [6.07, 6.45) is 3.91. The van der Waals surface area contributed by atoms with E-state index in [-0.39, 0.29) is 21.1 Å². The second-order valence-electron chi connectivity index (χ2n) is 16.2. The summed E-state index contributed by atoms with van der Waals surface area (Å²) in [5, 5.41) is 9.52. The van der Waals surface area contributed by atoms with Crippen LogP contribution in [0.15, 0.2) is 150 Å². The van der Waals surface area contributed by atoms with Gasteiger partial charge in [-0.25, -0.2) is 4.68 Å². The molecule has 2 aromatic heterocycles. The van der Waals surface area contributed by atoms with E-state index >= 15 is 0 Å². The second kappa shape index (κ2) is 16.8. The van der Waals surface area contributed by atoms with E-state index in [2.05, 4.69) is 176 Å². The van der Waals surface area contributed by atoms with Gasteiger partial charge in [-0.3, -0.25) is 4.98 Å². The molecule has 0 spiro atoms. The van der Waals surface area contributed by atoms with Gasteiger partial charge in [-0.15, -0.1) is 46.6 Å². The maximum atomic E-state index is 6.89. The van der Waals surface area contributed by atoms with Crippen LogP contribution in [0.2, 0.25) is 0 Å². The van der Waals surface area contributed by atoms with Crippen molar-refractivity contribution in [1.29, 1.82) is 0 Å². The number of benzene rings is 6. The fourth-order valence-electron chi connectivity index (χ4n) is 8.96. The number of fused-ring (bicyclic) bond motifs is 2. The Morgan fingerprint density at radius 3 is 1.92 bits per heavy atom. The van der Waals surface area contributed by atoms with E-state index in [0.29, 0.717) is 23.3 Å². The van der Waals surface area contributed by atoms with Crippen molar-refractivity contribution in [1.82, 2.24) is 20.0 Å². The summed E-state index contributed by atoms with van der Waals surface area (Å²) in [6.45, 7) is 15.4. The van der Waals surface area contributed by atoms with Crippen LogP contribution in [0.1, 0.15) is 89.7 Å². The summed E-state index contributed by atoms with van der Waals surface area (Å²) in [5.41, 5.74) is 14.5. The van der Waals surface area contributed by atoms with Gasteiger partial charge < -0.3 is 4.74 Å². The van der Waals surface area contributed by atoms with Gasteiger partial charge in [0.25, 0.3) is 0 Å². The summed E-state index contributed by atoms with van der Waals surface area (Å²) in [4.78, 5) is 7.42. The SMILES string of the molecule is Cc1cc(C)c(-c2cc(Oc3[c-]c(C4(c5ccccn5)c5ccccc5Sc5ccccc54)ccc3)[c-]c(-n3cc(-c4c(C(C)C)cccc4C(C)C)nn3)c2)c(C)c1.[Pt+2]. The fraction of sp³-hybridized carbons (Fsp3) is 0.189. The van der Waals surface area contributed by atoms with E-state index in [4.69, 9.17) is 20.0 Å². The molecule has 7 heteroatoms. The molecule has 300 valence electrons. The van der Waals surface area contributed by atoms with Gasteiger partial charge in [0.1, 0.15) is 5.69 Å². The average molecular weight is 982 g/mol. The third-order valence-electron chi connectivity index (χ3n) is 11.4. The Kier molecular flexibility index (Phi) is 11.6. The molecule has 0 radical (unpaired) electrons. The van der Waals surface area contributed by atoms with Gasteiger partial charge in [-0.05, 0) is 102 Å². The molecule has 1 aliphatic heterocycles. The minimum Gasteiger partial charge on any atom is -0.509 e. The minimum absolute atomic E-state index is 0. The summed E-state index contributed by atoms with van der Waals surface area (Å²) >= 11 is 1.80. The molecule has 1 aliphatic rings. The molecule has 6 aromatic carbocycles. The molecule has 0 atom stereocenters. The number of hydrogen-bond donors (Lipinski definition) is 0. The molecule has 0 amide bonds. The number of pyridine rings is 1. The van der Waals surface area contributed by atoms with Crippen LogP contribution in [0.3, 0.4) is 0 Å². The monoisotopic (exact) mass is 981 g/mol. The van der Waals surface area contributed by atoms with Crippen molar-refractivity contribution in [3.63, 3.8) is 0 Å². The smallest absolute Gasteiger partial charge is 0.509 e. The first-order valence-electron chi connectivity index (χ1n) is 20.3. The summed E-state index contributed by atoms with van der Waals surface area (Å²) in [5.74, 6) is 1.79. The second-order valence-corrected chi connectivity index (χ2v) is 17.2. The van der Waals surface area contributed by atoms with Crippen molar-refractivity contribution in [3.05, 3.63) is 202 Å². The van der Waals surface area contributed by atoms with Crippen molar-refractivity contribution in [3.8, 4) is 39.6 Å². The molecule has 0 saturated heterocycles. The molecule has 3 heterocycles. The van der Waals surface area contributed by atoms with Crippen molar-refractivity contribution >= 4 is 11.8 Å². The molecule has 0 bridgehead atoms. The molecule has 0 aliphatic carbocycles. The van der Waals surface area contributed by atoms with Gasteiger partial charge in [0.15, 0.2) is 0 Å². The first-order valence-corrected chi connectivity index (χ1v) is 21.1. The number of ether oxygens (including phenoxy) is 1. The Morgan fingerprint density at radius 1 is 0.650 bits per heavy atom. The summed E-state index contributed by atoms with van der Waals surface area (Å²) in [7, 11) is 0. The topological polar surface area (TPSA) is 52.8 Å². The van der Waals surface area contributed by atoms with Crippen molar-refractivity contribution in [2.24, 2.45) is 0 Å². The predicted octanol–water partition coefficient (Wildman–Crippen LogP) is 13.4. The van der Waals surface area contributed by atoms with Crippen LogP contribution in [0, 0.1) is 32.9 Å². The quantitative estimate of drug-likeness (QED) is 0.135. The van der Waals surface area contributed by atoms with Crippen molar-refractivity contribution in [2.45, 2.75) is 75.5 Å². The van der Waals surface area contributed by atoms with Crippen LogP contribution in [0.25, 0.3) is 28.1 Å². The third kappa shape index (κ3) is 7.35. The number of hydrogen-bond acceptors (Lipinski definition) is 5. The van der Waals surface area contributed by atoms with Crippen LogP contribution in [0.5, 0.6) is 11.5 Å². The van der Waals surface area contributed by atoms with E-state index < -0.39 is 5.41 Å². The average Bonchev–Trinajstić information content (AvgIpc) is 3.73. The standard InChI is InChI=1S/C53H46N4OS.Pt/c1-33(2)43-18-15-19-44(34(3)4)52(43)47-32-57(56-55-47)40-28-38(51-36(6)26-35(5)27-37(51)7)29-42(31-40)58-41-17-14-16-39(30-41)53(50-24-12-13-25-54-50)45-20-8-10-22-48(45)59-49-23-11-9-21-46(49)53;/h8-29,32-34H,1-7H3;/q-2;+2. The van der Waals surface area contributed by atoms with Gasteiger partial charge in [0.2, 0.25) is 0 Å². The molecule has 60 heavy (non-hydrogen) atoms. The normalized spacial score (nSPS) is 12.8. The van der Waals surface area contributed by atoms with Gasteiger partial charge >= 0.3 is 21.1 Å². The first kappa shape index (κ1) is 41.2. The maximum absolute atomic E-state index is 6.89. The third-order valence-corrected chi connectivity index (χ3v) is 12.6. The number of rotatable bonds is 9. The molecule has 9 rings (SSSR count). The van der Waals surface area contributed by atoms with Crippen LogP contribution >= 0.6 is 11.8 Å². The van der Waals surface area contributed by atoms with E-state index in [1.165, 1.54) is 48.7 Å². The van der Waals surface area contributed by atoms with Crippen LogP contribution in [0.4, 0.5) is 0 Å². The molecule has 0 saturated carbocycles. The minimum atomic E-state index is -0.732. The molecule has 5 nitrogen and oxygen atoms in total. The number of aryl methyl sites for hydroxylation is 3. The zero-order valence-electron chi connectivity index (χ0n) is 34.9. The molecular formula is C53H46N4OPtS. The van der Waals surface area contributed by atoms with E-state index in [0.717, 1.165) is 39.3 Å². The van der Waals surface area contributed by atoms with Gasteiger partial charge in [0.05, 0.1) is 17.3 Å². The van der Waals surface area contributed by atoms with E-state index in [9.17, 15) is 0 Å². The first-order chi connectivity index (χ1) is 28.6. The Balaban J connectivity index is 0.00000499. The zero-order valence-corrected chi connectivity index (χ0v) is 37.9. The number of aromatic nitrogens is 4. The van der Waals surface area contributed by atoms with Crippen LogP contribution in [-0.4, -0.2) is 20.0 Å². The molecule has 0 unspecified atom stereocenters. The van der Waals surface area contributed by atoms with Gasteiger partial charge in [-0.2, -0.15) is 12.1 Å². The van der Waals surface area contributed by atoms with Gasteiger partial charge in [0, 0.05) is 33.1 Å². The Bertz CT molecular complexity index is 2750. The Morgan fingerprint density at radius 2 is 1.28 bits per heavy atom. The van der Waals surface area contributed by atoms with Crippen LogP contribution in [-0.2, 0) is 26.5 Å². The molecular weight excluding hydrogens is 936 g/mol.